The number of rotatable bonds is 44. The van der Waals surface area contributed by atoms with Crippen LogP contribution in [0.1, 0.15) is 271 Å². The van der Waals surface area contributed by atoms with Crippen LogP contribution >= 0.6 is 0 Å². The van der Waals surface area contributed by atoms with Crippen molar-refractivity contribution in [3.05, 3.63) is 0 Å². The second-order valence-electron chi connectivity index (χ2n) is 16.2. The minimum Gasteiger partial charge on any atom is -0.462 e. The van der Waals surface area contributed by atoms with Gasteiger partial charge in [-0.05, 0) is 12.8 Å². The van der Waals surface area contributed by atoms with Gasteiger partial charge in [0.1, 0.15) is 6.61 Å². The van der Waals surface area contributed by atoms with Crippen molar-refractivity contribution in [3.63, 3.8) is 0 Å². The highest BCUT2D eigenvalue weighted by molar-refractivity contribution is 5.70. The van der Waals surface area contributed by atoms with E-state index in [0.717, 1.165) is 32.1 Å². The largest absolute Gasteiger partial charge is 0.462 e. The topological polar surface area (TPSA) is 72.8 Å². The van der Waals surface area contributed by atoms with Crippen LogP contribution in [0.25, 0.3) is 0 Å². The lowest BCUT2D eigenvalue weighted by atomic mass is 10.0. The van der Waals surface area contributed by atoms with Gasteiger partial charge in [0.2, 0.25) is 0 Å². The Morgan fingerprint density at radius 1 is 0.365 bits per heavy atom. The maximum absolute atomic E-state index is 12.2. The van der Waals surface area contributed by atoms with Gasteiger partial charge >= 0.3 is 11.9 Å². The van der Waals surface area contributed by atoms with E-state index in [0.29, 0.717) is 12.8 Å². The van der Waals surface area contributed by atoms with Crippen LogP contribution in [0, 0.1) is 0 Å². The molecular formula is C47H92O5. The van der Waals surface area contributed by atoms with Gasteiger partial charge in [0.15, 0.2) is 6.10 Å². The molecule has 0 spiro atoms. The summed E-state index contributed by atoms with van der Waals surface area (Å²) in [6, 6.07) is 0. The van der Waals surface area contributed by atoms with E-state index in [9.17, 15) is 14.7 Å². The zero-order valence-corrected chi connectivity index (χ0v) is 35.4. The van der Waals surface area contributed by atoms with Crippen molar-refractivity contribution in [1.29, 1.82) is 0 Å². The monoisotopic (exact) mass is 737 g/mol. The standard InChI is InChI=1S/C47H92O5/c1-3-5-7-9-11-13-15-17-19-20-21-22-23-24-25-26-27-28-30-32-34-36-38-40-42-47(50)52-45(43-48)44-51-46(49)41-39-37-35-33-31-29-18-16-14-12-10-8-6-4-2/h45,48H,3-44H2,1-2H3. The van der Waals surface area contributed by atoms with Crippen LogP contribution in [0.2, 0.25) is 0 Å². The molecular weight excluding hydrogens is 645 g/mol. The van der Waals surface area contributed by atoms with Gasteiger partial charge in [-0.1, -0.05) is 245 Å². The fourth-order valence-electron chi connectivity index (χ4n) is 7.32. The highest BCUT2D eigenvalue weighted by atomic mass is 16.6. The number of aliphatic hydroxyl groups excluding tert-OH is 1. The fourth-order valence-corrected chi connectivity index (χ4v) is 7.32. The second-order valence-corrected chi connectivity index (χ2v) is 16.2. The fraction of sp³-hybridized carbons (Fsp3) is 0.957. The predicted octanol–water partition coefficient (Wildman–Crippen LogP) is 15.1. The normalized spacial score (nSPS) is 12.0. The Hall–Kier alpha value is -1.10. The smallest absolute Gasteiger partial charge is 0.306 e. The number of carbonyl (C=O) groups is 2. The molecule has 0 aromatic rings. The first kappa shape index (κ1) is 50.9. The van der Waals surface area contributed by atoms with Crippen LogP contribution in [0.3, 0.4) is 0 Å². The second kappa shape index (κ2) is 44.3. The molecule has 0 aromatic heterocycles. The molecule has 0 saturated carbocycles. The summed E-state index contributed by atoms with van der Waals surface area (Å²) in [5, 5.41) is 9.59. The lowest BCUT2D eigenvalue weighted by Gasteiger charge is -2.15. The first-order valence-electron chi connectivity index (χ1n) is 23.6. The SMILES string of the molecule is CCCCCCCCCCCCCCCCCCCCCCCCCCC(=O)OC(CO)COC(=O)CCCCCCCCCCCCCCCC. The molecule has 0 fully saturated rings. The van der Waals surface area contributed by atoms with Crippen molar-refractivity contribution in [1.82, 2.24) is 0 Å². The molecule has 0 aliphatic rings. The van der Waals surface area contributed by atoms with E-state index in [4.69, 9.17) is 9.47 Å². The molecule has 0 saturated heterocycles. The van der Waals surface area contributed by atoms with Crippen LogP contribution in [0.15, 0.2) is 0 Å². The third-order valence-corrected chi connectivity index (χ3v) is 10.9. The minimum absolute atomic E-state index is 0.0564. The van der Waals surface area contributed by atoms with Crippen LogP contribution in [0.4, 0.5) is 0 Å². The van der Waals surface area contributed by atoms with Gasteiger partial charge in [-0.3, -0.25) is 9.59 Å². The van der Waals surface area contributed by atoms with E-state index in [2.05, 4.69) is 13.8 Å². The van der Waals surface area contributed by atoms with E-state index in [1.54, 1.807) is 0 Å². The van der Waals surface area contributed by atoms with Crippen LogP contribution in [0.5, 0.6) is 0 Å². The summed E-state index contributed by atoms with van der Waals surface area (Å²) in [5.41, 5.74) is 0. The zero-order valence-electron chi connectivity index (χ0n) is 35.4. The van der Waals surface area contributed by atoms with E-state index in [1.165, 1.54) is 212 Å². The number of ether oxygens (including phenoxy) is 2. The number of hydrogen-bond donors (Lipinski definition) is 1. The highest BCUT2D eigenvalue weighted by Gasteiger charge is 2.16. The van der Waals surface area contributed by atoms with E-state index in [-0.39, 0.29) is 25.2 Å². The van der Waals surface area contributed by atoms with E-state index < -0.39 is 6.10 Å². The van der Waals surface area contributed by atoms with Gasteiger partial charge in [-0.15, -0.1) is 0 Å². The van der Waals surface area contributed by atoms with Crippen molar-refractivity contribution in [2.45, 2.75) is 277 Å². The first-order valence-corrected chi connectivity index (χ1v) is 23.6. The van der Waals surface area contributed by atoms with Crippen molar-refractivity contribution < 1.29 is 24.2 Å². The minimum atomic E-state index is -0.762. The van der Waals surface area contributed by atoms with Gasteiger partial charge in [0.05, 0.1) is 6.61 Å². The molecule has 1 atom stereocenters. The molecule has 0 bridgehead atoms. The highest BCUT2D eigenvalue weighted by Crippen LogP contribution is 2.17. The molecule has 310 valence electrons. The molecule has 0 aliphatic heterocycles. The number of unbranched alkanes of at least 4 members (excludes halogenated alkanes) is 36. The quantitative estimate of drug-likeness (QED) is 0.0498. The molecule has 0 aliphatic carbocycles. The summed E-state index contributed by atoms with van der Waals surface area (Å²) in [6.07, 6.45) is 50.5. The lowest BCUT2D eigenvalue weighted by Crippen LogP contribution is -2.28. The Bertz CT molecular complexity index is 710. The maximum Gasteiger partial charge on any atom is 0.306 e. The molecule has 0 aromatic carbocycles. The molecule has 0 radical (unpaired) electrons. The lowest BCUT2D eigenvalue weighted by molar-refractivity contribution is -0.161. The van der Waals surface area contributed by atoms with Crippen molar-refractivity contribution in [2.24, 2.45) is 0 Å². The molecule has 1 unspecified atom stereocenters. The van der Waals surface area contributed by atoms with Crippen molar-refractivity contribution in [3.8, 4) is 0 Å². The maximum atomic E-state index is 12.2. The Morgan fingerprint density at radius 3 is 0.846 bits per heavy atom. The number of carbonyl (C=O) groups excluding carboxylic acids is 2. The zero-order chi connectivity index (χ0) is 37.8. The van der Waals surface area contributed by atoms with Gasteiger partial charge in [-0.25, -0.2) is 0 Å². The average Bonchev–Trinajstić information content (AvgIpc) is 3.15. The molecule has 1 N–H and O–H groups in total. The van der Waals surface area contributed by atoms with Gasteiger partial charge in [0.25, 0.3) is 0 Å². The number of hydrogen-bond acceptors (Lipinski definition) is 5. The number of aliphatic hydroxyl groups is 1. The third kappa shape index (κ3) is 41.7. The third-order valence-electron chi connectivity index (χ3n) is 10.9. The van der Waals surface area contributed by atoms with E-state index in [1.807, 2.05) is 0 Å². The Morgan fingerprint density at radius 2 is 0.596 bits per heavy atom. The summed E-state index contributed by atoms with van der Waals surface area (Å²) < 4.78 is 10.7. The predicted molar refractivity (Wildman–Crippen MR) is 224 cm³/mol. The van der Waals surface area contributed by atoms with E-state index >= 15 is 0 Å². The summed E-state index contributed by atoms with van der Waals surface area (Å²) in [4.78, 5) is 24.3. The molecule has 5 heteroatoms. The Kier molecular flexibility index (Phi) is 43.4. The average molecular weight is 737 g/mol. The molecule has 52 heavy (non-hydrogen) atoms. The molecule has 0 heterocycles. The van der Waals surface area contributed by atoms with Gasteiger partial charge in [-0.2, -0.15) is 0 Å². The van der Waals surface area contributed by atoms with Crippen LogP contribution < -0.4 is 0 Å². The first-order chi connectivity index (χ1) is 25.6. The van der Waals surface area contributed by atoms with Crippen molar-refractivity contribution >= 4 is 11.9 Å². The summed E-state index contributed by atoms with van der Waals surface area (Å²) >= 11 is 0. The van der Waals surface area contributed by atoms with Crippen molar-refractivity contribution in [2.75, 3.05) is 13.2 Å². The van der Waals surface area contributed by atoms with Crippen LogP contribution in [-0.4, -0.2) is 36.4 Å². The summed E-state index contributed by atoms with van der Waals surface area (Å²) in [7, 11) is 0. The molecule has 5 nitrogen and oxygen atoms in total. The van der Waals surface area contributed by atoms with Gasteiger partial charge in [0, 0.05) is 12.8 Å². The number of esters is 2. The Balaban J connectivity index is 3.42. The Labute approximate surface area is 325 Å². The summed E-state index contributed by atoms with van der Waals surface area (Å²) in [5.74, 6) is -0.570. The molecule has 0 rings (SSSR count). The van der Waals surface area contributed by atoms with Gasteiger partial charge < -0.3 is 14.6 Å². The molecule has 0 amide bonds. The van der Waals surface area contributed by atoms with Crippen LogP contribution in [-0.2, 0) is 19.1 Å². The summed E-state index contributed by atoms with van der Waals surface area (Å²) in [6.45, 7) is 4.18.